The summed E-state index contributed by atoms with van der Waals surface area (Å²) >= 11 is 0. The third kappa shape index (κ3) is 2.19. The fourth-order valence-corrected chi connectivity index (χ4v) is 4.07. The Morgan fingerprint density at radius 2 is 1.97 bits per heavy atom. The van der Waals surface area contributed by atoms with E-state index in [9.17, 15) is 45.6 Å². The molecule has 4 aliphatic rings. The van der Waals surface area contributed by atoms with Crippen LogP contribution in [0.3, 0.4) is 0 Å². The van der Waals surface area contributed by atoms with E-state index in [0.29, 0.717) is 0 Å². The first-order valence-corrected chi connectivity index (χ1v) is 8.29. The number of aliphatic hydroxyl groups excluding tert-OH is 3. The van der Waals surface area contributed by atoms with Gasteiger partial charge < -0.3 is 25.5 Å². The lowest BCUT2D eigenvalue weighted by molar-refractivity contribution is -0.129. The molecule has 0 spiro atoms. The van der Waals surface area contributed by atoms with Gasteiger partial charge in [0.05, 0.1) is 15.3 Å². The molecule has 0 bridgehead atoms. The van der Waals surface area contributed by atoms with Crippen LogP contribution in [0.1, 0.15) is 27.9 Å². The normalized spacial score (nSPS) is 44.9. The second kappa shape index (κ2) is 5.68. The van der Waals surface area contributed by atoms with Crippen molar-refractivity contribution in [3.63, 3.8) is 0 Å². The monoisotopic (exact) mass is 405 g/mol. The Labute approximate surface area is 172 Å². The molecule has 4 atom stereocenters. The number of aliphatic hydroxyl groups is 5. The molecular formula is C20H17NO8. The fraction of sp³-hybridized carbons (Fsp3) is 0.350. The average molecular weight is 405 g/mol. The smallest absolute Gasteiger partial charge is 0.302 e. The molecule has 4 aliphatic carbocycles. The molecular weight excluding hydrogens is 382 g/mol. The highest BCUT2D eigenvalue weighted by Crippen LogP contribution is 2.56. The maximum atomic E-state index is 12.7. The molecule has 0 heterocycles. The second-order valence-electron chi connectivity index (χ2n) is 7.10. The minimum atomic E-state index is -3.38. The number of allylic oxidation sites excluding steroid dienone is 4. The van der Waals surface area contributed by atoms with Gasteiger partial charge in [0.2, 0.25) is 0 Å². The SMILES string of the molecule is [2H]C1=C([2H])C([2H])=C2C(=C(O)C3=C(O)[C@]4(O)C(O)=C(C([N])=O)C(=O)C([2H])([2H])C4CC3([2H])[C@]2(C)O)C1=O. The zero-order valence-electron chi connectivity index (χ0n) is 20.7. The first-order chi connectivity index (χ1) is 15.8. The van der Waals surface area contributed by atoms with Crippen molar-refractivity contribution < 1.29 is 48.1 Å². The van der Waals surface area contributed by atoms with Crippen LogP contribution in [0, 0.1) is 11.8 Å². The van der Waals surface area contributed by atoms with Gasteiger partial charge in [-0.05, 0) is 25.0 Å². The van der Waals surface area contributed by atoms with E-state index in [1.807, 2.05) is 0 Å². The average Bonchev–Trinajstić information content (AvgIpc) is 2.74. The van der Waals surface area contributed by atoms with Gasteiger partial charge in [-0.3, -0.25) is 14.4 Å². The molecule has 0 fully saturated rings. The Hall–Kier alpha value is -3.17. The molecule has 0 aromatic carbocycles. The van der Waals surface area contributed by atoms with E-state index in [1.54, 1.807) is 0 Å². The predicted octanol–water partition coefficient (Wildman–Crippen LogP) is 0.188. The molecule has 4 rings (SSSR count). The van der Waals surface area contributed by atoms with Gasteiger partial charge in [0.1, 0.15) is 22.9 Å². The molecule has 0 aromatic rings. The maximum Gasteiger partial charge on any atom is 0.302 e. The molecule has 150 valence electrons. The minimum Gasteiger partial charge on any atom is -0.508 e. The number of Topliss-reactive ketones (excluding diaryl/α,β-unsaturated/α-hetero) is 1. The van der Waals surface area contributed by atoms with Crippen molar-refractivity contribution in [1.29, 1.82) is 0 Å². The van der Waals surface area contributed by atoms with E-state index in [2.05, 4.69) is 0 Å². The molecule has 0 aliphatic heterocycles. The molecule has 9 nitrogen and oxygen atoms in total. The van der Waals surface area contributed by atoms with Crippen LogP contribution in [-0.2, 0) is 14.4 Å². The lowest BCUT2D eigenvalue weighted by Crippen LogP contribution is -2.56. The van der Waals surface area contributed by atoms with Gasteiger partial charge >= 0.3 is 5.91 Å². The van der Waals surface area contributed by atoms with Crippen LogP contribution < -0.4 is 5.73 Å². The number of carbonyl (C=O) groups excluding carboxylic acids is 3. The van der Waals surface area contributed by atoms with E-state index >= 15 is 0 Å². The molecule has 0 saturated heterocycles. The summed E-state index contributed by atoms with van der Waals surface area (Å²) in [5.41, 5.74) is -1.22. The van der Waals surface area contributed by atoms with Crippen LogP contribution in [-0.4, -0.2) is 54.2 Å². The van der Waals surface area contributed by atoms with Crippen molar-refractivity contribution in [3.8, 4) is 0 Å². The van der Waals surface area contributed by atoms with Crippen molar-refractivity contribution in [3.05, 3.63) is 57.7 Å². The highest BCUT2D eigenvalue weighted by atomic mass is 16.4. The van der Waals surface area contributed by atoms with Crippen molar-refractivity contribution >= 4 is 17.5 Å². The van der Waals surface area contributed by atoms with Crippen LogP contribution in [0.4, 0.5) is 0 Å². The number of carbonyl (C=O) groups is 3. The van der Waals surface area contributed by atoms with Gasteiger partial charge in [-0.1, -0.05) is 12.1 Å². The Kier molecular flexibility index (Phi) is 2.57. The second-order valence-corrected chi connectivity index (χ2v) is 7.10. The number of rotatable bonds is 1. The van der Waals surface area contributed by atoms with Gasteiger partial charge in [-0.15, -0.1) is 5.73 Å². The Morgan fingerprint density at radius 1 is 1.31 bits per heavy atom. The molecule has 29 heavy (non-hydrogen) atoms. The van der Waals surface area contributed by atoms with Crippen LogP contribution in [0.25, 0.3) is 0 Å². The highest BCUT2D eigenvalue weighted by molar-refractivity contribution is 6.20. The zero-order valence-corrected chi connectivity index (χ0v) is 14.7. The standard InChI is InChI=1S/C20H17NO8/c1-19(28)8-3-2-4-10(22)12(8)15(24)13-9(19)5-7-6-11(23)14(18(21)27)17(26)20(7,29)16(13)25/h2-4,7,9,24-26,28-29H,5-6H2,1H3/t7?,9?,19-,20+/m1/s1/i2D,3D,4D,6D2,9D. The molecule has 1 amide bonds. The third-order valence-corrected chi connectivity index (χ3v) is 5.54. The van der Waals surface area contributed by atoms with E-state index in [-0.39, 0.29) is 0 Å². The van der Waals surface area contributed by atoms with Gasteiger partial charge in [-0.25, -0.2) is 0 Å². The maximum absolute atomic E-state index is 12.7. The number of hydrogen-bond donors (Lipinski definition) is 5. The predicted molar refractivity (Wildman–Crippen MR) is 95.1 cm³/mol. The van der Waals surface area contributed by atoms with Crippen molar-refractivity contribution in [2.75, 3.05) is 0 Å². The van der Waals surface area contributed by atoms with Gasteiger partial charge in [0.15, 0.2) is 17.2 Å². The fourth-order valence-electron chi connectivity index (χ4n) is 4.07. The van der Waals surface area contributed by atoms with Crippen LogP contribution in [0.15, 0.2) is 57.7 Å². The minimum absolute atomic E-state index is 0.772. The Morgan fingerprint density at radius 3 is 2.59 bits per heavy atom. The molecule has 0 aromatic heterocycles. The zero-order chi connectivity index (χ0) is 26.8. The van der Waals surface area contributed by atoms with E-state index in [1.165, 1.54) is 0 Å². The van der Waals surface area contributed by atoms with Crippen molar-refractivity contribution in [2.45, 2.75) is 30.9 Å². The first-order valence-electron chi connectivity index (χ1n) is 11.3. The summed E-state index contributed by atoms with van der Waals surface area (Å²) < 4.78 is 49.0. The summed E-state index contributed by atoms with van der Waals surface area (Å²) in [7, 11) is 0. The molecule has 9 heteroatoms. The summed E-state index contributed by atoms with van der Waals surface area (Å²) in [5, 5.41) is 55.2. The molecule has 0 saturated carbocycles. The third-order valence-electron chi connectivity index (χ3n) is 5.54. The summed E-state index contributed by atoms with van der Waals surface area (Å²) in [5.74, 6) is -14.9. The van der Waals surface area contributed by atoms with Crippen LogP contribution >= 0.6 is 0 Å². The number of nitrogens with zero attached hydrogens (tertiary/aromatic N) is 1. The van der Waals surface area contributed by atoms with E-state index in [4.69, 9.17) is 8.22 Å². The quantitative estimate of drug-likeness (QED) is 0.384. The lowest BCUT2D eigenvalue weighted by Gasteiger charge is -2.50. The van der Waals surface area contributed by atoms with Gasteiger partial charge in [0, 0.05) is 27.9 Å². The molecule has 2 radical (unpaired) electrons. The van der Waals surface area contributed by atoms with Crippen molar-refractivity contribution in [2.24, 2.45) is 11.8 Å². The number of fused-ring (bicyclic) bond motifs is 3. The van der Waals surface area contributed by atoms with Gasteiger partial charge in [0.25, 0.3) is 0 Å². The number of hydrogen-bond acceptors (Lipinski definition) is 8. The first kappa shape index (κ1) is 13.1. The van der Waals surface area contributed by atoms with Crippen LogP contribution in [0.5, 0.6) is 0 Å². The summed E-state index contributed by atoms with van der Waals surface area (Å²) in [6.07, 6.45) is -4.47. The van der Waals surface area contributed by atoms with Crippen LogP contribution in [0.2, 0.25) is 0 Å². The van der Waals surface area contributed by atoms with E-state index in [0.717, 1.165) is 6.92 Å². The number of ketones is 2. The lowest BCUT2D eigenvalue weighted by atomic mass is 9.57. The Bertz CT molecular complexity index is 1340. The molecule has 5 N–H and O–H groups in total. The topological polar surface area (TPSA) is 175 Å². The summed E-state index contributed by atoms with van der Waals surface area (Å²) in [6.45, 7) is 0.863. The summed E-state index contributed by atoms with van der Waals surface area (Å²) in [6, 6.07) is -2.91. The summed E-state index contributed by atoms with van der Waals surface area (Å²) in [4.78, 5) is 36.9. The largest absolute Gasteiger partial charge is 0.508 e. The Balaban J connectivity index is 2.21. The van der Waals surface area contributed by atoms with Crippen molar-refractivity contribution in [1.82, 2.24) is 5.73 Å². The van der Waals surface area contributed by atoms with Gasteiger partial charge in [-0.2, -0.15) is 0 Å². The van der Waals surface area contributed by atoms with E-state index < -0.39 is 111 Å². The number of amides is 1. The highest BCUT2D eigenvalue weighted by Gasteiger charge is 2.61. The molecule has 2 unspecified atom stereocenters.